The second-order valence-corrected chi connectivity index (χ2v) is 3.97. The van der Waals surface area contributed by atoms with Crippen molar-refractivity contribution in [2.24, 2.45) is 0 Å². The number of aldehydes is 1. The lowest BCUT2D eigenvalue weighted by Crippen LogP contribution is -1.95. The standard InChI is InChI=1S/C15H15NO2/c1-3-14-15(18-2)8-13(9-16-14)12-6-4-11(10-17)5-7-12/h4-10H,3H2,1-2H3. The molecule has 18 heavy (non-hydrogen) atoms. The molecule has 0 radical (unpaired) electrons. The van der Waals surface area contributed by atoms with E-state index >= 15 is 0 Å². The lowest BCUT2D eigenvalue weighted by molar-refractivity contribution is 0.112. The fourth-order valence-corrected chi connectivity index (χ4v) is 1.83. The molecule has 0 atom stereocenters. The monoisotopic (exact) mass is 241 g/mol. The second-order valence-electron chi connectivity index (χ2n) is 3.97. The Balaban J connectivity index is 2.40. The minimum atomic E-state index is 0.670. The first-order valence-electron chi connectivity index (χ1n) is 5.87. The maximum absolute atomic E-state index is 10.6. The Bertz CT molecular complexity index is 547. The van der Waals surface area contributed by atoms with Crippen LogP contribution in [0.1, 0.15) is 23.0 Å². The van der Waals surface area contributed by atoms with Gasteiger partial charge in [-0.25, -0.2) is 0 Å². The van der Waals surface area contributed by atoms with Gasteiger partial charge in [0.05, 0.1) is 12.8 Å². The first kappa shape index (κ1) is 12.3. The van der Waals surface area contributed by atoms with E-state index in [2.05, 4.69) is 4.98 Å². The average Bonchev–Trinajstić information content (AvgIpc) is 2.46. The fraction of sp³-hybridized carbons (Fsp3) is 0.200. The number of pyridine rings is 1. The third kappa shape index (κ3) is 2.40. The molecule has 0 N–H and O–H groups in total. The van der Waals surface area contributed by atoms with Crippen LogP contribution in [-0.2, 0) is 6.42 Å². The summed E-state index contributed by atoms with van der Waals surface area (Å²) in [7, 11) is 1.65. The molecular formula is C15H15NO2. The second kappa shape index (κ2) is 5.45. The summed E-state index contributed by atoms with van der Waals surface area (Å²) in [5.74, 6) is 0.800. The molecule has 0 unspecified atom stereocenters. The molecule has 1 heterocycles. The molecular weight excluding hydrogens is 226 g/mol. The fourth-order valence-electron chi connectivity index (χ4n) is 1.83. The van der Waals surface area contributed by atoms with Crippen LogP contribution < -0.4 is 4.74 Å². The van der Waals surface area contributed by atoms with Gasteiger partial charge in [0.25, 0.3) is 0 Å². The number of aromatic nitrogens is 1. The number of ether oxygens (including phenoxy) is 1. The molecule has 0 aliphatic heterocycles. The summed E-state index contributed by atoms with van der Waals surface area (Å²) >= 11 is 0. The van der Waals surface area contributed by atoms with E-state index in [1.54, 1.807) is 19.2 Å². The minimum Gasteiger partial charge on any atom is -0.495 e. The first-order chi connectivity index (χ1) is 8.78. The van der Waals surface area contributed by atoms with Gasteiger partial charge in [-0.1, -0.05) is 31.2 Å². The summed E-state index contributed by atoms with van der Waals surface area (Å²) < 4.78 is 5.32. The summed E-state index contributed by atoms with van der Waals surface area (Å²) in [6, 6.07) is 9.38. The van der Waals surface area contributed by atoms with E-state index in [0.29, 0.717) is 5.56 Å². The number of aryl methyl sites for hydroxylation is 1. The van der Waals surface area contributed by atoms with Gasteiger partial charge >= 0.3 is 0 Å². The Morgan fingerprint density at radius 1 is 1.22 bits per heavy atom. The van der Waals surface area contributed by atoms with Crippen LogP contribution in [0.4, 0.5) is 0 Å². The van der Waals surface area contributed by atoms with Crippen molar-refractivity contribution in [1.82, 2.24) is 4.98 Å². The van der Waals surface area contributed by atoms with Crippen LogP contribution in [0.2, 0.25) is 0 Å². The summed E-state index contributed by atoms with van der Waals surface area (Å²) in [6.07, 6.45) is 3.51. The molecule has 0 aliphatic carbocycles. The molecule has 0 saturated heterocycles. The van der Waals surface area contributed by atoms with Gasteiger partial charge in [0.15, 0.2) is 0 Å². The molecule has 0 fully saturated rings. The maximum Gasteiger partial charge on any atom is 0.150 e. The van der Waals surface area contributed by atoms with Gasteiger partial charge in [-0.05, 0) is 18.1 Å². The van der Waals surface area contributed by atoms with E-state index in [0.717, 1.165) is 35.3 Å². The highest BCUT2D eigenvalue weighted by atomic mass is 16.5. The van der Waals surface area contributed by atoms with Crippen molar-refractivity contribution in [2.45, 2.75) is 13.3 Å². The Hall–Kier alpha value is -2.16. The van der Waals surface area contributed by atoms with Crippen molar-refractivity contribution in [2.75, 3.05) is 7.11 Å². The minimum absolute atomic E-state index is 0.670. The van der Waals surface area contributed by atoms with Crippen molar-refractivity contribution < 1.29 is 9.53 Å². The number of methoxy groups -OCH3 is 1. The van der Waals surface area contributed by atoms with Crippen molar-refractivity contribution in [3.05, 3.63) is 47.8 Å². The summed E-state index contributed by atoms with van der Waals surface area (Å²) in [6.45, 7) is 2.05. The third-order valence-corrected chi connectivity index (χ3v) is 2.87. The smallest absolute Gasteiger partial charge is 0.150 e. The molecule has 1 aromatic heterocycles. The van der Waals surface area contributed by atoms with Crippen LogP contribution in [0, 0.1) is 0 Å². The molecule has 2 aromatic rings. The van der Waals surface area contributed by atoms with E-state index < -0.39 is 0 Å². The van der Waals surface area contributed by atoms with Gasteiger partial charge in [0, 0.05) is 17.3 Å². The number of hydrogen-bond acceptors (Lipinski definition) is 3. The van der Waals surface area contributed by atoms with Crippen LogP contribution in [0.25, 0.3) is 11.1 Å². The number of benzene rings is 1. The maximum atomic E-state index is 10.6. The Kier molecular flexibility index (Phi) is 3.72. The van der Waals surface area contributed by atoms with Gasteiger partial charge < -0.3 is 4.74 Å². The van der Waals surface area contributed by atoms with Crippen molar-refractivity contribution in [1.29, 1.82) is 0 Å². The molecule has 92 valence electrons. The number of carbonyl (C=O) groups excluding carboxylic acids is 1. The zero-order valence-electron chi connectivity index (χ0n) is 10.5. The summed E-state index contributed by atoms with van der Waals surface area (Å²) in [5.41, 5.74) is 3.63. The largest absolute Gasteiger partial charge is 0.495 e. The van der Waals surface area contributed by atoms with E-state index in [4.69, 9.17) is 4.74 Å². The average molecular weight is 241 g/mol. The van der Waals surface area contributed by atoms with Crippen LogP contribution in [0.3, 0.4) is 0 Å². The zero-order chi connectivity index (χ0) is 13.0. The Morgan fingerprint density at radius 2 is 1.94 bits per heavy atom. The normalized spacial score (nSPS) is 10.1. The van der Waals surface area contributed by atoms with Gasteiger partial charge in [0.2, 0.25) is 0 Å². The number of nitrogens with zero attached hydrogens (tertiary/aromatic N) is 1. The topological polar surface area (TPSA) is 39.2 Å². The van der Waals surface area contributed by atoms with Gasteiger partial charge in [-0.2, -0.15) is 0 Å². The molecule has 0 aliphatic rings. The number of rotatable bonds is 4. The number of carbonyl (C=O) groups is 1. The molecule has 0 amide bonds. The van der Waals surface area contributed by atoms with Gasteiger partial charge in [-0.15, -0.1) is 0 Å². The van der Waals surface area contributed by atoms with Crippen LogP contribution in [0.15, 0.2) is 36.5 Å². The molecule has 0 bridgehead atoms. The van der Waals surface area contributed by atoms with Crippen LogP contribution in [-0.4, -0.2) is 18.4 Å². The molecule has 3 heteroatoms. The highest BCUT2D eigenvalue weighted by Crippen LogP contribution is 2.25. The van der Waals surface area contributed by atoms with Gasteiger partial charge in [0.1, 0.15) is 12.0 Å². The third-order valence-electron chi connectivity index (χ3n) is 2.87. The quantitative estimate of drug-likeness (QED) is 0.772. The highest BCUT2D eigenvalue weighted by molar-refractivity contribution is 5.77. The molecule has 3 nitrogen and oxygen atoms in total. The van der Waals surface area contributed by atoms with Crippen molar-refractivity contribution in [3.8, 4) is 16.9 Å². The lowest BCUT2D eigenvalue weighted by atomic mass is 10.1. The van der Waals surface area contributed by atoms with Crippen LogP contribution >= 0.6 is 0 Å². The number of hydrogen-bond donors (Lipinski definition) is 0. The van der Waals surface area contributed by atoms with E-state index in [1.165, 1.54) is 0 Å². The highest BCUT2D eigenvalue weighted by Gasteiger charge is 2.05. The van der Waals surface area contributed by atoms with E-state index in [9.17, 15) is 4.79 Å². The Labute approximate surface area is 106 Å². The molecule has 0 saturated carbocycles. The summed E-state index contributed by atoms with van der Waals surface area (Å²) in [4.78, 5) is 15.0. The molecule has 1 aromatic carbocycles. The van der Waals surface area contributed by atoms with Crippen LogP contribution in [0.5, 0.6) is 5.75 Å². The molecule has 0 spiro atoms. The zero-order valence-corrected chi connectivity index (χ0v) is 10.5. The first-order valence-corrected chi connectivity index (χ1v) is 5.87. The SMILES string of the molecule is CCc1ncc(-c2ccc(C=O)cc2)cc1OC. The van der Waals surface area contributed by atoms with Crippen molar-refractivity contribution in [3.63, 3.8) is 0 Å². The van der Waals surface area contributed by atoms with Gasteiger partial charge in [-0.3, -0.25) is 9.78 Å². The molecule has 2 rings (SSSR count). The van der Waals surface area contributed by atoms with Crippen molar-refractivity contribution >= 4 is 6.29 Å². The summed E-state index contributed by atoms with van der Waals surface area (Å²) in [5, 5.41) is 0. The predicted molar refractivity (Wildman–Crippen MR) is 71.0 cm³/mol. The lowest BCUT2D eigenvalue weighted by Gasteiger charge is -2.08. The Morgan fingerprint density at radius 3 is 2.50 bits per heavy atom. The van der Waals surface area contributed by atoms with E-state index in [1.807, 2.05) is 31.3 Å². The van der Waals surface area contributed by atoms with E-state index in [-0.39, 0.29) is 0 Å². The predicted octanol–water partition coefficient (Wildman–Crippen LogP) is 3.13.